The van der Waals surface area contributed by atoms with Crippen molar-refractivity contribution in [3.05, 3.63) is 34.1 Å². The maximum atomic E-state index is 13.3. The monoisotopic (exact) mass is 317 g/mol. The van der Waals surface area contributed by atoms with Crippen molar-refractivity contribution in [2.24, 2.45) is 5.92 Å². The minimum atomic E-state index is -0.878. The van der Waals surface area contributed by atoms with Gasteiger partial charge in [0.05, 0.1) is 4.47 Å². The second kappa shape index (κ2) is 6.85. The van der Waals surface area contributed by atoms with Crippen LogP contribution in [0.1, 0.15) is 25.8 Å². The number of aliphatic carboxylic acids is 1. The van der Waals surface area contributed by atoms with E-state index in [0.717, 1.165) is 0 Å². The van der Waals surface area contributed by atoms with Crippen molar-refractivity contribution in [2.45, 2.75) is 32.9 Å². The predicted octanol–water partition coefficient (Wildman–Crippen LogP) is 3.18. The molecule has 0 aromatic heterocycles. The fraction of sp³-hybridized carbons (Fsp3) is 0.462. The summed E-state index contributed by atoms with van der Waals surface area (Å²) >= 11 is 3.16. The maximum absolute atomic E-state index is 13.3. The van der Waals surface area contributed by atoms with Gasteiger partial charge in [-0.15, -0.1) is 0 Å². The van der Waals surface area contributed by atoms with Crippen LogP contribution in [0, 0.1) is 11.7 Å². The number of halogens is 2. The highest BCUT2D eigenvalue weighted by Crippen LogP contribution is 2.20. The molecule has 100 valence electrons. The molecule has 1 aromatic carbocycles. The van der Waals surface area contributed by atoms with Crippen LogP contribution >= 0.6 is 15.9 Å². The zero-order valence-corrected chi connectivity index (χ0v) is 12.0. The summed E-state index contributed by atoms with van der Waals surface area (Å²) in [6.45, 7) is 4.26. The van der Waals surface area contributed by atoms with E-state index in [0.29, 0.717) is 23.0 Å². The van der Waals surface area contributed by atoms with Crippen LogP contribution in [-0.4, -0.2) is 17.1 Å². The lowest BCUT2D eigenvalue weighted by molar-refractivity contribution is -0.140. The maximum Gasteiger partial charge on any atom is 0.320 e. The Morgan fingerprint density at radius 3 is 2.72 bits per heavy atom. The molecule has 3 nitrogen and oxygen atoms in total. The van der Waals surface area contributed by atoms with Crippen molar-refractivity contribution >= 4 is 21.9 Å². The Bertz CT molecular complexity index is 423. The van der Waals surface area contributed by atoms with Gasteiger partial charge in [-0.05, 0) is 39.9 Å². The second-order valence-corrected chi connectivity index (χ2v) is 5.41. The summed E-state index contributed by atoms with van der Waals surface area (Å²) in [5.74, 6) is -0.934. The molecule has 0 aliphatic carbocycles. The van der Waals surface area contributed by atoms with Crippen LogP contribution in [0.25, 0.3) is 0 Å². The van der Waals surface area contributed by atoms with Gasteiger partial charge in [-0.2, -0.15) is 0 Å². The van der Waals surface area contributed by atoms with Crippen LogP contribution in [0.5, 0.6) is 0 Å². The van der Waals surface area contributed by atoms with Crippen LogP contribution in [0.15, 0.2) is 22.7 Å². The Morgan fingerprint density at radius 1 is 1.50 bits per heavy atom. The quantitative estimate of drug-likeness (QED) is 0.847. The van der Waals surface area contributed by atoms with Gasteiger partial charge in [0, 0.05) is 6.54 Å². The highest BCUT2D eigenvalue weighted by atomic mass is 79.9. The molecule has 1 atom stereocenters. The van der Waals surface area contributed by atoms with Crippen molar-refractivity contribution in [1.82, 2.24) is 5.32 Å². The fourth-order valence-electron chi connectivity index (χ4n) is 1.66. The molecule has 0 bridgehead atoms. The first kappa shape index (κ1) is 15.1. The third-order valence-corrected chi connectivity index (χ3v) is 3.46. The van der Waals surface area contributed by atoms with E-state index in [1.165, 1.54) is 6.07 Å². The van der Waals surface area contributed by atoms with Crippen LogP contribution in [-0.2, 0) is 11.3 Å². The Labute approximate surface area is 115 Å². The highest BCUT2D eigenvalue weighted by molar-refractivity contribution is 9.10. The van der Waals surface area contributed by atoms with E-state index >= 15 is 0 Å². The predicted molar refractivity (Wildman–Crippen MR) is 71.8 cm³/mol. The lowest BCUT2D eigenvalue weighted by atomic mass is 10.0. The molecule has 0 amide bonds. The van der Waals surface area contributed by atoms with E-state index in [1.807, 2.05) is 13.8 Å². The number of carboxylic acid groups (broad SMARTS) is 1. The van der Waals surface area contributed by atoms with E-state index in [2.05, 4.69) is 21.2 Å². The molecule has 0 aliphatic rings. The molecule has 1 aromatic rings. The summed E-state index contributed by atoms with van der Waals surface area (Å²) in [5.41, 5.74) is 0.713. The fourth-order valence-corrected chi connectivity index (χ4v) is 2.07. The molecular weight excluding hydrogens is 301 g/mol. The van der Waals surface area contributed by atoms with E-state index in [-0.39, 0.29) is 11.7 Å². The second-order valence-electron chi connectivity index (χ2n) is 4.61. The van der Waals surface area contributed by atoms with Gasteiger partial charge in [-0.1, -0.05) is 26.0 Å². The molecule has 0 saturated heterocycles. The van der Waals surface area contributed by atoms with Gasteiger partial charge >= 0.3 is 5.97 Å². The number of nitrogens with one attached hydrogen (secondary N) is 1. The minimum absolute atomic E-state index is 0.287. The van der Waals surface area contributed by atoms with E-state index < -0.39 is 12.0 Å². The molecule has 0 spiro atoms. The first-order valence-electron chi connectivity index (χ1n) is 5.81. The van der Waals surface area contributed by atoms with Crippen molar-refractivity contribution in [3.8, 4) is 0 Å². The Hall–Kier alpha value is -0.940. The van der Waals surface area contributed by atoms with Crippen LogP contribution in [0.3, 0.4) is 0 Å². The van der Waals surface area contributed by atoms with E-state index in [9.17, 15) is 9.18 Å². The molecule has 0 aliphatic heterocycles. The summed E-state index contributed by atoms with van der Waals surface area (Å²) in [5, 5.41) is 12.0. The third kappa shape index (κ3) is 4.38. The van der Waals surface area contributed by atoms with Crippen molar-refractivity contribution in [3.63, 3.8) is 0 Å². The van der Waals surface area contributed by atoms with Crippen LogP contribution in [0.4, 0.5) is 4.39 Å². The number of carboxylic acids is 1. The highest BCUT2D eigenvalue weighted by Gasteiger charge is 2.18. The average molecular weight is 318 g/mol. The SMILES string of the molecule is CC(C)C[C@@H](NCc1cccc(F)c1Br)C(=O)O. The number of benzene rings is 1. The summed E-state index contributed by atoms with van der Waals surface area (Å²) in [6, 6.07) is 4.11. The van der Waals surface area contributed by atoms with Gasteiger partial charge in [-0.3, -0.25) is 4.79 Å². The number of rotatable bonds is 6. The molecule has 0 unspecified atom stereocenters. The van der Waals surface area contributed by atoms with Gasteiger partial charge in [0.2, 0.25) is 0 Å². The largest absolute Gasteiger partial charge is 0.480 e. The smallest absolute Gasteiger partial charge is 0.320 e. The van der Waals surface area contributed by atoms with Gasteiger partial charge in [0.1, 0.15) is 11.9 Å². The molecule has 0 radical (unpaired) electrons. The summed E-state index contributed by atoms with van der Waals surface area (Å²) in [6.07, 6.45) is 0.544. The van der Waals surface area contributed by atoms with Gasteiger partial charge in [-0.25, -0.2) is 4.39 Å². The normalized spacial score (nSPS) is 12.7. The van der Waals surface area contributed by atoms with Gasteiger partial charge in [0.25, 0.3) is 0 Å². The van der Waals surface area contributed by atoms with Crippen molar-refractivity contribution in [2.75, 3.05) is 0 Å². The number of carbonyl (C=O) groups is 1. The Morgan fingerprint density at radius 2 is 2.17 bits per heavy atom. The van der Waals surface area contributed by atoms with Gasteiger partial charge < -0.3 is 10.4 Å². The summed E-state index contributed by atoms with van der Waals surface area (Å²) < 4.78 is 13.7. The molecule has 2 N–H and O–H groups in total. The molecule has 1 rings (SSSR count). The summed E-state index contributed by atoms with van der Waals surface area (Å²) in [7, 11) is 0. The van der Waals surface area contributed by atoms with Crippen molar-refractivity contribution < 1.29 is 14.3 Å². The number of hydrogen-bond donors (Lipinski definition) is 2. The summed E-state index contributed by atoms with van der Waals surface area (Å²) in [4.78, 5) is 11.1. The Balaban J connectivity index is 2.67. The third-order valence-electron chi connectivity index (χ3n) is 2.58. The van der Waals surface area contributed by atoms with Crippen LogP contribution < -0.4 is 5.32 Å². The molecule has 0 heterocycles. The average Bonchev–Trinajstić information content (AvgIpc) is 2.28. The first-order valence-corrected chi connectivity index (χ1v) is 6.60. The molecule has 0 fully saturated rings. The van der Waals surface area contributed by atoms with Gasteiger partial charge in [0.15, 0.2) is 0 Å². The lowest BCUT2D eigenvalue weighted by Gasteiger charge is -2.17. The standard InChI is InChI=1S/C13H17BrFNO2/c1-8(2)6-11(13(17)18)16-7-9-4-3-5-10(15)12(9)14/h3-5,8,11,16H,6-7H2,1-2H3,(H,17,18)/t11-/m1/s1. The lowest BCUT2D eigenvalue weighted by Crippen LogP contribution is -2.37. The molecule has 5 heteroatoms. The zero-order valence-electron chi connectivity index (χ0n) is 10.4. The number of hydrogen-bond acceptors (Lipinski definition) is 2. The molecule has 0 saturated carbocycles. The topological polar surface area (TPSA) is 49.3 Å². The Kier molecular flexibility index (Phi) is 5.75. The molecular formula is C13H17BrFNO2. The molecule has 18 heavy (non-hydrogen) atoms. The van der Waals surface area contributed by atoms with E-state index in [4.69, 9.17) is 5.11 Å². The first-order chi connectivity index (χ1) is 8.41. The minimum Gasteiger partial charge on any atom is -0.480 e. The van der Waals surface area contributed by atoms with Crippen molar-refractivity contribution in [1.29, 1.82) is 0 Å². The zero-order chi connectivity index (χ0) is 13.7. The van der Waals surface area contributed by atoms with Crippen LogP contribution in [0.2, 0.25) is 0 Å². The van der Waals surface area contributed by atoms with E-state index in [1.54, 1.807) is 12.1 Å².